The predicted molar refractivity (Wildman–Crippen MR) is 79.8 cm³/mol. The fourth-order valence-corrected chi connectivity index (χ4v) is 3.79. The van der Waals surface area contributed by atoms with Gasteiger partial charge in [0.15, 0.2) is 0 Å². The fourth-order valence-electron chi connectivity index (χ4n) is 3.79. The molecule has 2 amide bonds. The third-order valence-electron chi connectivity index (χ3n) is 5.09. The largest absolute Gasteiger partial charge is 0.342 e. The molecular formula is C15H26N4O2. The molecule has 0 radical (unpaired) electrons. The molecule has 3 aliphatic rings. The molecule has 3 saturated heterocycles. The maximum Gasteiger partial charge on any atom is 0.228 e. The molecule has 6 nitrogen and oxygen atoms in total. The summed E-state index contributed by atoms with van der Waals surface area (Å²) in [6.07, 6.45) is 1.48. The molecule has 3 rings (SSSR count). The molecular weight excluding hydrogens is 268 g/mol. The Kier molecular flexibility index (Phi) is 4.45. The van der Waals surface area contributed by atoms with Crippen LogP contribution in [0, 0.1) is 5.92 Å². The first-order valence-corrected chi connectivity index (χ1v) is 8.20. The molecule has 0 saturated carbocycles. The summed E-state index contributed by atoms with van der Waals surface area (Å²) in [7, 11) is 0. The monoisotopic (exact) mass is 294 g/mol. The van der Waals surface area contributed by atoms with Crippen LogP contribution < -0.4 is 5.32 Å². The summed E-state index contributed by atoms with van der Waals surface area (Å²) in [5.74, 6) is 0.213. The van der Waals surface area contributed by atoms with Crippen molar-refractivity contribution < 1.29 is 9.59 Å². The van der Waals surface area contributed by atoms with E-state index in [4.69, 9.17) is 0 Å². The van der Waals surface area contributed by atoms with Crippen molar-refractivity contribution in [3.8, 4) is 0 Å². The summed E-state index contributed by atoms with van der Waals surface area (Å²) in [5.41, 5.74) is 0. The Labute approximate surface area is 126 Å². The van der Waals surface area contributed by atoms with Crippen LogP contribution in [-0.2, 0) is 9.59 Å². The molecule has 1 N–H and O–H groups in total. The summed E-state index contributed by atoms with van der Waals surface area (Å²) in [4.78, 5) is 30.7. The van der Waals surface area contributed by atoms with Gasteiger partial charge in [0, 0.05) is 64.8 Å². The average molecular weight is 294 g/mol. The first-order valence-electron chi connectivity index (χ1n) is 8.20. The smallest absolute Gasteiger partial charge is 0.228 e. The summed E-state index contributed by atoms with van der Waals surface area (Å²) >= 11 is 0. The van der Waals surface area contributed by atoms with Crippen molar-refractivity contribution in [2.45, 2.75) is 25.8 Å². The zero-order valence-electron chi connectivity index (χ0n) is 12.9. The van der Waals surface area contributed by atoms with E-state index in [-0.39, 0.29) is 17.7 Å². The second-order valence-corrected chi connectivity index (χ2v) is 6.35. The molecule has 3 heterocycles. The molecule has 21 heavy (non-hydrogen) atoms. The maximum absolute atomic E-state index is 12.6. The number of rotatable bonds is 3. The number of hydrogen-bond acceptors (Lipinski definition) is 4. The highest BCUT2D eigenvalue weighted by Gasteiger charge is 2.38. The van der Waals surface area contributed by atoms with Crippen LogP contribution >= 0.6 is 0 Å². The standard InChI is InChI=1S/C15H26N4O2/c1-2-17-10-12(9-14(17)20)15(21)19-6-3-13(11-19)18-7-4-16-5-8-18/h12-13,16H,2-11H2,1H3. The van der Waals surface area contributed by atoms with E-state index >= 15 is 0 Å². The number of amides is 2. The number of hydrogen-bond donors (Lipinski definition) is 1. The van der Waals surface area contributed by atoms with Crippen LogP contribution in [0.4, 0.5) is 0 Å². The van der Waals surface area contributed by atoms with Gasteiger partial charge in [0.05, 0.1) is 5.92 Å². The Hall–Kier alpha value is -1.14. The highest BCUT2D eigenvalue weighted by Crippen LogP contribution is 2.23. The van der Waals surface area contributed by atoms with Crippen molar-refractivity contribution in [1.82, 2.24) is 20.0 Å². The van der Waals surface area contributed by atoms with Crippen LogP contribution in [0.15, 0.2) is 0 Å². The molecule has 3 aliphatic heterocycles. The van der Waals surface area contributed by atoms with Crippen molar-refractivity contribution >= 4 is 11.8 Å². The predicted octanol–water partition coefficient (Wildman–Crippen LogP) is -0.639. The molecule has 0 aromatic rings. The Morgan fingerprint density at radius 1 is 1.24 bits per heavy atom. The number of likely N-dealkylation sites (tertiary alicyclic amines) is 2. The molecule has 0 aliphatic carbocycles. The van der Waals surface area contributed by atoms with E-state index in [1.165, 1.54) is 0 Å². The summed E-state index contributed by atoms with van der Waals surface area (Å²) < 4.78 is 0. The van der Waals surface area contributed by atoms with Crippen molar-refractivity contribution in [3.05, 3.63) is 0 Å². The first kappa shape index (κ1) is 14.8. The lowest BCUT2D eigenvalue weighted by Crippen LogP contribution is -2.49. The van der Waals surface area contributed by atoms with E-state index in [0.717, 1.165) is 45.7 Å². The molecule has 0 aromatic carbocycles. The minimum Gasteiger partial charge on any atom is -0.342 e. The second-order valence-electron chi connectivity index (χ2n) is 6.35. The zero-order valence-corrected chi connectivity index (χ0v) is 12.9. The van der Waals surface area contributed by atoms with Crippen LogP contribution in [0.5, 0.6) is 0 Å². The number of nitrogens with one attached hydrogen (secondary N) is 1. The molecule has 6 heteroatoms. The van der Waals surface area contributed by atoms with Gasteiger partial charge in [-0.05, 0) is 13.3 Å². The minimum absolute atomic E-state index is 0.112. The van der Waals surface area contributed by atoms with Crippen molar-refractivity contribution in [1.29, 1.82) is 0 Å². The zero-order chi connectivity index (χ0) is 14.8. The molecule has 118 valence electrons. The van der Waals surface area contributed by atoms with E-state index in [0.29, 0.717) is 25.6 Å². The van der Waals surface area contributed by atoms with Gasteiger partial charge in [-0.15, -0.1) is 0 Å². The van der Waals surface area contributed by atoms with Crippen LogP contribution in [0.1, 0.15) is 19.8 Å². The van der Waals surface area contributed by atoms with Crippen molar-refractivity contribution in [2.75, 3.05) is 52.4 Å². The molecule has 2 atom stereocenters. The normalized spacial score (nSPS) is 31.2. The number of carbonyl (C=O) groups is 2. The van der Waals surface area contributed by atoms with Crippen LogP contribution in [-0.4, -0.2) is 84.9 Å². The Morgan fingerprint density at radius 3 is 2.67 bits per heavy atom. The van der Waals surface area contributed by atoms with Crippen molar-refractivity contribution in [2.24, 2.45) is 5.92 Å². The van der Waals surface area contributed by atoms with Gasteiger partial charge in [-0.25, -0.2) is 0 Å². The van der Waals surface area contributed by atoms with E-state index in [1.54, 1.807) is 4.90 Å². The Morgan fingerprint density at radius 2 is 2.00 bits per heavy atom. The van der Waals surface area contributed by atoms with Gasteiger partial charge >= 0.3 is 0 Å². The lowest BCUT2D eigenvalue weighted by molar-refractivity contribution is -0.135. The third-order valence-corrected chi connectivity index (χ3v) is 5.09. The van der Waals surface area contributed by atoms with Crippen molar-refractivity contribution in [3.63, 3.8) is 0 Å². The SMILES string of the molecule is CCN1CC(C(=O)N2CCC(N3CCNCC3)C2)CC1=O. The van der Waals surface area contributed by atoms with Gasteiger partial charge in [0.2, 0.25) is 11.8 Å². The molecule has 2 unspecified atom stereocenters. The first-order chi connectivity index (χ1) is 10.2. The second kappa shape index (κ2) is 6.32. The third kappa shape index (κ3) is 3.06. The molecule has 0 spiro atoms. The van der Waals surface area contributed by atoms with Gasteiger partial charge in [-0.1, -0.05) is 0 Å². The fraction of sp³-hybridized carbons (Fsp3) is 0.867. The maximum atomic E-state index is 12.6. The summed E-state index contributed by atoms with van der Waals surface area (Å²) in [5, 5.41) is 3.37. The van der Waals surface area contributed by atoms with Gasteiger partial charge in [0.1, 0.15) is 0 Å². The Balaban J connectivity index is 1.53. The molecule has 0 bridgehead atoms. The Bertz CT molecular complexity index is 408. The van der Waals surface area contributed by atoms with Gasteiger partial charge in [0.25, 0.3) is 0 Å². The van der Waals surface area contributed by atoms with E-state index in [1.807, 2.05) is 11.8 Å². The number of carbonyl (C=O) groups excluding carboxylic acids is 2. The summed E-state index contributed by atoms with van der Waals surface area (Å²) in [6.45, 7) is 9.26. The quantitative estimate of drug-likeness (QED) is 0.752. The van der Waals surface area contributed by atoms with Gasteiger partial charge in [-0.2, -0.15) is 0 Å². The van der Waals surface area contributed by atoms with Crippen LogP contribution in [0.2, 0.25) is 0 Å². The highest BCUT2D eigenvalue weighted by atomic mass is 16.2. The van der Waals surface area contributed by atoms with E-state index in [2.05, 4.69) is 10.2 Å². The summed E-state index contributed by atoms with van der Waals surface area (Å²) in [6, 6.07) is 0.510. The van der Waals surface area contributed by atoms with E-state index < -0.39 is 0 Å². The lowest BCUT2D eigenvalue weighted by Gasteiger charge is -2.32. The van der Waals surface area contributed by atoms with Gasteiger partial charge < -0.3 is 15.1 Å². The number of piperazine rings is 1. The number of nitrogens with zero attached hydrogens (tertiary/aromatic N) is 3. The average Bonchev–Trinajstić information content (AvgIpc) is 3.14. The minimum atomic E-state index is -0.112. The topological polar surface area (TPSA) is 55.9 Å². The lowest BCUT2D eigenvalue weighted by atomic mass is 10.1. The highest BCUT2D eigenvalue weighted by molar-refractivity contribution is 5.89. The van der Waals surface area contributed by atoms with Gasteiger partial charge in [-0.3, -0.25) is 14.5 Å². The van der Waals surface area contributed by atoms with E-state index in [9.17, 15) is 9.59 Å². The van der Waals surface area contributed by atoms with Crippen LogP contribution in [0.25, 0.3) is 0 Å². The van der Waals surface area contributed by atoms with Crippen LogP contribution in [0.3, 0.4) is 0 Å². The molecule has 0 aromatic heterocycles. The molecule has 3 fully saturated rings.